The molecule has 0 aromatic heterocycles. The molecule has 3 nitrogen and oxygen atoms in total. The zero-order valence-electron chi connectivity index (χ0n) is 13.2. The summed E-state index contributed by atoms with van der Waals surface area (Å²) in [5.41, 5.74) is 2.02. The van der Waals surface area contributed by atoms with Crippen LogP contribution in [0.2, 0.25) is 0 Å². The summed E-state index contributed by atoms with van der Waals surface area (Å²) in [6.07, 6.45) is 2.77. The Balaban J connectivity index is 2.44. The van der Waals surface area contributed by atoms with Crippen molar-refractivity contribution < 1.29 is 8.42 Å². The highest BCUT2D eigenvalue weighted by atomic mass is 32.2. The molecule has 1 aliphatic rings. The molecule has 0 atom stereocenters. The minimum Gasteiger partial charge on any atom is -0.222 e. The first kappa shape index (κ1) is 16.0. The number of hydrogen-bond acceptors (Lipinski definition) is 3. The van der Waals surface area contributed by atoms with Gasteiger partial charge in [-0.25, -0.2) is 8.42 Å². The van der Waals surface area contributed by atoms with Gasteiger partial charge in [-0.3, -0.25) is 0 Å². The molecular weight excluding hydrogens is 282 g/mol. The van der Waals surface area contributed by atoms with Crippen molar-refractivity contribution >= 4 is 9.84 Å². The summed E-state index contributed by atoms with van der Waals surface area (Å²) in [6.45, 7) is 8.01. The van der Waals surface area contributed by atoms with E-state index in [-0.39, 0.29) is 10.3 Å². The highest BCUT2D eigenvalue weighted by molar-refractivity contribution is 7.93. The summed E-state index contributed by atoms with van der Waals surface area (Å²) >= 11 is 0. The molecule has 0 amide bonds. The van der Waals surface area contributed by atoms with Gasteiger partial charge in [-0.2, -0.15) is 5.26 Å². The topological polar surface area (TPSA) is 57.9 Å². The Morgan fingerprint density at radius 3 is 2.14 bits per heavy atom. The molecule has 1 aliphatic carbocycles. The van der Waals surface area contributed by atoms with Crippen LogP contribution in [-0.2, 0) is 9.84 Å². The Kier molecular flexibility index (Phi) is 3.92. The molecule has 21 heavy (non-hydrogen) atoms. The summed E-state index contributed by atoms with van der Waals surface area (Å²) in [5.74, 6) is 0. The van der Waals surface area contributed by atoms with Gasteiger partial charge in [-0.15, -0.1) is 0 Å². The molecule has 0 aliphatic heterocycles. The third-order valence-electron chi connectivity index (χ3n) is 5.33. The van der Waals surface area contributed by atoms with Crippen LogP contribution in [0.5, 0.6) is 0 Å². The van der Waals surface area contributed by atoms with E-state index in [0.717, 1.165) is 24.0 Å². The fraction of sp³-hybridized carbons (Fsp3) is 0.588. The van der Waals surface area contributed by atoms with Crippen molar-refractivity contribution in [3.63, 3.8) is 0 Å². The summed E-state index contributed by atoms with van der Waals surface area (Å²) in [4.78, 5) is 0.285. The van der Waals surface area contributed by atoms with Crippen molar-refractivity contribution in [2.75, 3.05) is 0 Å². The van der Waals surface area contributed by atoms with E-state index in [4.69, 9.17) is 0 Å². The molecular formula is C17H23NO2S. The number of hydrogen-bond donors (Lipinski definition) is 0. The number of nitrogens with zero attached hydrogens (tertiary/aromatic N) is 1. The largest absolute Gasteiger partial charge is 0.222 e. The Morgan fingerprint density at radius 1 is 1.14 bits per heavy atom. The van der Waals surface area contributed by atoms with Gasteiger partial charge < -0.3 is 0 Å². The molecule has 0 spiro atoms. The highest BCUT2D eigenvalue weighted by Gasteiger charge is 2.61. The van der Waals surface area contributed by atoms with Crippen LogP contribution < -0.4 is 0 Å². The maximum atomic E-state index is 12.9. The van der Waals surface area contributed by atoms with Gasteiger partial charge in [0.15, 0.2) is 14.6 Å². The van der Waals surface area contributed by atoms with Crippen molar-refractivity contribution in [3.8, 4) is 6.07 Å². The molecule has 1 fully saturated rings. The zero-order chi connectivity index (χ0) is 15.9. The van der Waals surface area contributed by atoms with Gasteiger partial charge in [0, 0.05) is 0 Å². The third kappa shape index (κ3) is 2.28. The van der Waals surface area contributed by atoms with Crippen LogP contribution in [-0.4, -0.2) is 13.2 Å². The van der Waals surface area contributed by atoms with Gasteiger partial charge in [0.05, 0.1) is 11.0 Å². The standard InChI is InChI=1S/C17H23NO2S/c1-5-16(6-2)10-17(11-16,12-18)21(19,20)15-8-7-13(3)14(4)9-15/h7-9H,5-6,10-11H2,1-4H3. The van der Waals surface area contributed by atoms with Gasteiger partial charge in [0.2, 0.25) is 0 Å². The quantitative estimate of drug-likeness (QED) is 0.846. The van der Waals surface area contributed by atoms with E-state index in [2.05, 4.69) is 19.9 Å². The summed E-state index contributed by atoms with van der Waals surface area (Å²) in [5, 5.41) is 9.55. The van der Waals surface area contributed by atoms with Crippen LogP contribution in [0.3, 0.4) is 0 Å². The Morgan fingerprint density at radius 2 is 1.71 bits per heavy atom. The van der Waals surface area contributed by atoms with Crippen molar-refractivity contribution in [1.82, 2.24) is 0 Å². The zero-order valence-corrected chi connectivity index (χ0v) is 14.0. The molecule has 2 rings (SSSR count). The SMILES string of the molecule is CCC1(CC)CC(C#N)(S(=O)(=O)c2ccc(C)c(C)c2)C1. The van der Waals surface area contributed by atoms with Gasteiger partial charge in [0.1, 0.15) is 0 Å². The molecule has 4 heteroatoms. The predicted molar refractivity (Wildman–Crippen MR) is 83.7 cm³/mol. The van der Waals surface area contributed by atoms with Gasteiger partial charge >= 0.3 is 0 Å². The van der Waals surface area contributed by atoms with Crippen LogP contribution in [0.15, 0.2) is 23.1 Å². The average molecular weight is 305 g/mol. The highest BCUT2D eigenvalue weighted by Crippen LogP contribution is 2.57. The van der Waals surface area contributed by atoms with Crippen LogP contribution in [0.1, 0.15) is 50.7 Å². The smallest absolute Gasteiger partial charge is 0.197 e. The molecule has 0 unspecified atom stereocenters. The number of aryl methyl sites for hydroxylation is 2. The second-order valence-corrected chi connectivity index (χ2v) is 8.68. The Labute approximate surface area is 127 Å². The Hall–Kier alpha value is -1.34. The molecule has 1 saturated carbocycles. The van der Waals surface area contributed by atoms with E-state index in [9.17, 15) is 13.7 Å². The van der Waals surface area contributed by atoms with Crippen LogP contribution in [0.25, 0.3) is 0 Å². The molecule has 0 bridgehead atoms. The first-order valence-corrected chi connectivity index (χ1v) is 8.97. The lowest BCUT2D eigenvalue weighted by Crippen LogP contribution is -2.55. The molecule has 0 radical (unpaired) electrons. The van der Waals surface area contributed by atoms with E-state index in [1.54, 1.807) is 12.1 Å². The lowest BCUT2D eigenvalue weighted by atomic mass is 9.59. The second kappa shape index (κ2) is 5.14. The normalized spacial score (nSPS) is 19.6. The third-order valence-corrected chi connectivity index (χ3v) is 7.61. The van der Waals surface area contributed by atoms with Crippen molar-refractivity contribution in [3.05, 3.63) is 29.3 Å². The van der Waals surface area contributed by atoms with Gasteiger partial charge in [-0.1, -0.05) is 32.8 Å². The van der Waals surface area contributed by atoms with E-state index < -0.39 is 14.6 Å². The molecule has 1 aromatic carbocycles. The van der Waals surface area contributed by atoms with Crippen molar-refractivity contribution in [2.24, 2.45) is 5.41 Å². The van der Waals surface area contributed by atoms with Crippen molar-refractivity contribution in [2.45, 2.75) is 63.0 Å². The summed E-state index contributed by atoms with van der Waals surface area (Å²) < 4.78 is 24.6. The van der Waals surface area contributed by atoms with E-state index in [1.807, 2.05) is 19.9 Å². The monoisotopic (exact) mass is 305 g/mol. The summed E-state index contributed by atoms with van der Waals surface area (Å²) in [6, 6.07) is 7.27. The molecule has 0 heterocycles. The molecule has 114 valence electrons. The lowest BCUT2D eigenvalue weighted by Gasteiger charge is -2.51. The van der Waals surface area contributed by atoms with Crippen LogP contribution in [0, 0.1) is 30.6 Å². The average Bonchev–Trinajstić information content (AvgIpc) is 2.42. The number of nitriles is 1. The number of sulfone groups is 1. The Bertz CT molecular complexity index is 686. The van der Waals surface area contributed by atoms with Crippen molar-refractivity contribution in [1.29, 1.82) is 5.26 Å². The number of benzene rings is 1. The molecule has 0 N–H and O–H groups in total. The molecule has 1 aromatic rings. The lowest BCUT2D eigenvalue weighted by molar-refractivity contribution is 0.0927. The fourth-order valence-corrected chi connectivity index (χ4v) is 5.49. The predicted octanol–water partition coefficient (Wildman–Crippen LogP) is 3.94. The van der Waals surface area contributed by atoms with Gasteiger partial charge in [-0.05, 0) is 55.4 Å². The van der Waals surface area contributed by atoms with E-state index in [0.29, 0.717) is 12.8 Å². The van der Waals surface area contributed by atoms with Gasteiger partial charge in [0.25, 0.3) is 0 Å². The summed E-state index contributed by atoms with van der Waals surface area (Å²) in [7, 11) is -3.61. The van der Waals surface area contributed by atoms with E-state index >= 15 is 0 Å². The van der Waals surface area contributed by atoms with Crippen LogP contribution in [0.4, 0.5) is 0 Å². The van der Waals surface area contributed by atoms with E-state index in [1.165, 1.54) is 0 Å². The maximum Gasteiger partial charge on any atom is 0.197 e. The fourth-order valence-electron chi connectivity index (χ4n) is 3.35. The minimum absolute atomic E-state index is 0.0164. The number of rotatable bonds is 4. The first-order chi connectivity index (χ1) is 9.76. The minimum atomic E-state index is -3.61. The first-order valence-electron chi connectivity index (χ1n) is 7.49. The van der Waals surface area contributed by atoms with Crippen LogP contribution >= 0.6 is 0 Å². The molecule has 0 saturated heterocycles. The second-order valence-electron chi connectivity index (χ2n) is 6.42. The maximum absolute atomic E-state index is 12.9.